The number of halogens is 1. The zero-order chi connectivity index (χ0) is 25.4. The second-order valence-electron chi connectivity index (χ2n) is 7.06. The van der Waals surface area contributed by atoms with Crippen LogP contribution in [0.4, 0.5) is 5.69 Å². The summed E-state index contributed by atoms with van der Waals surface area (Å²) in [5, 5.41) is 12.3. The second kappa shape index (κ2) is 11.8. The van der Waals surface area contributed by atoms with Crippen molar-refractivity contribution >= 4 is 45.4 Å². The van der Waals surface area contributed by atoms with Crippen LogP contribution in [0.25, 0.3) is 0 Å². The lowest BCUT2D eigenvalue weighted by Crippen LogP contribution is -2.48. The van der Waals surface area contributed by atoms with E-state index < -0.39 is 36.0 Å². The van der Waals surface area contributed by atoms with Crippen molar-refractivity contribution in [1.29, 1.82) is 0 Å². The maximum atomic E-state index is 13.2. The van der Waals surface area contributed by atoms with Gasteiger partial charge in [-0.05, 0) is 42.5 Å². The molecule has 0 spiro atoms. The molecule has 9 nitrogen and oxygen atoms in total. The molecular weight excluding hydrogens is 522 g/mol. The van der Waals surface area contributed by atoms with Gasteiger partial charge in [0, 0.05) is 4.47 Å². The molecule has 0 aliphatic heterocycles. The van der Waals surface area contributed by atoms with E-state index in [0.29, 0.717) is 4.47 Å². The van der Waals surface area contributed by atoms with E-state index in [1.165, 1.54) is 37.4 Å². The number of benzene rings is 3. The van der Waals surface area contributed by atoms with Crippen LogP contribution in [0.15, 0.2) is 83.3 Å². The lowest BCUT2D eigenvalue weighted by molar-refractivity contribution is -0.157. The van der Waals surface area contributed by atoms with Crippen molar-refractivity contribution in [2.24, 2.45) is 0 Å². The highest BCUT2D eigenvalue weighted by Crippen LogP contribution is 2.28. The second-order valence-corrected chi connectivity index (χ2v) is 7.97. The van der Waals surface area contributed by atoms with Crippen LogP contribution in [-0.4, -0.2) is 48.2 Å². The maximum absolute atomic E-state index is 13.2. The van der Waals surface area contributed by atoms with Crippen LogP contribution in [-0.2, 0) is 19.1 Å². The van der Waals surface area contributed by atoms with E-state index in [4.69, 9.17) is 14.2 Å². The molecular formula is C25H20BrNO8. The van der Waals surface area contributed by atoms with Gasteiger partial charge in [0.25, 0.3) is 5.91 Å². The Labute approximate surface area is 208 Å². The molecule has 0 aliphatic rings. The van der Waals surface area contributed by atoms with Crippen LogP contribution in [0.5, 0.6) is 5.75 Å². The standard InChI is InChI=1S/C25H20BrNO8/c1-33-19-13-12-17(26)14-18(19)27-22(28)20(34-24(31)15-8-4-2-5-9-15)21(23(29)30)35-25(32)16-10-6-3-7-11-16/h2-14,20-21H,1H3,(H,27,28)(H,29,30)/t20-,21-/m0/s1. The summed E-state index contributed by atoms with van der Waals surface area (Å²) in [6, 6.07) is 20.0. The van der Waals surface area contributed by atoms with Crippen LogP contribution in [0.1, 0.15) is 20.7 Å². The Balaban J connectivity index is 1.94. The zero-order valence-electron chi connectivity index (χ0n) is 18.3. The van der Waals surface area contributed by atoms with Gasteiger partial charge in [0.2, 0.25) is 12.2 Å². The van der Waals surface area contributed by atoms with E-state index in [-0.39, 0.29) is 22.6 Å². The summed E-state index contributed by atoms with van der Waals surface area (Å²) in [4.78, 5) is 50.6. The molecule has 0 aliphatic carbocycles. The van der Waals surface area contributed by atoms with Crippen molar-refractivity contribution in [2.45, 2.75) is 12.2 Å². The summed E-state index contributed by atoms with van der Waals surface area (Å²) < 4.78 is 16.2. The third kappa shape index (κ3) is 6.67. The lowest BCUT2D eigenvalue weighted by atomic mass is 10.1. The quantitative estimate of drug-likeness (QED) is 0.390. The van der Waals surface area contributed by atoms with E-state index in [9.17, 15) is 24.3 Å². The molecule has 2 N–H and O–H groups in total. The first-order valence-electron chi connectivity index (χ1n) is 10.2. The van der Waals surface area contributed by atoms with Gasteiger partial charge in [0.1, 0.15) is 5.75 Å². The number of methoxy groups -OCH3 is 1. The summed E-state index contributed by atoms with van der Waals surface area (Å²) in [5.74, 6) is -4.45. The SMILES string of the molecule is COc1ccc(Br)cc1NC(=O)[C@@H](OC(=O)c1ccccc1)[C@H](OC(=O)c1ccccc1)C(=O)O. The number of hydrogen-bond donors (Lipinski definition) is 2. The summed E-state index contributed by atoms with van der Waals surface area (Å²) in [5.41, 5.74) is 0.302. The van der Waals surface area contributed by atoms with Gasteiger partial charge in [-0.1, -0.05) is 52.3 Å². The normalized spacial score (nSPS) is 12.1. The summed E-state index contributed by atoms with van der Waals surface area (Å²) in [6.07, 6.45) is -4.18. The number of nitrogens with one attached hydrogen (secondary N) is 1. The first kappa shape index (κ1) is 25.4. The number of hydrogen-bond acceptors (Lipinski definition) is 7. The Morgan fingerprint density at radius 2 is 1.31 bits per heavy atom. The number of ether oxygens (including phenoxy) is 3. The number of amides is 1. The van der Waals surface area contributed by atoms with Gasteiger partial charge in [-0.3, -0.25) is 4.79 Å². The van der Waals surface area contributed by atoms with Crippen molar-refractivity contribution < 1.29 is 38.5 Å². The number of carboxylic acids is 1. The first-order chi connectivity index (χ1) is 16.8. The Morgan fingerprint density at radius 1 is 0.800 bits per heavy atom. The minimum Gasteiger partial charge on any atom is -0.495 e. The first-order valence-corrected chi connectivity index (χ1v) is 11.0. The third-order valence-electron chi connectivity index (χ3n) is 4.68. The van der Waals surface area contributed by atoms with Gasteiger partial charge >= 0.3 is 17.9 Å². The number of carbonyl (C=O) groups excluding carboxylic acids is 3. The van der Waals surface area contributed by atoms with Crippen LogP contribution >= 0.6 is 15.9 Å². The molecule has 0 bridgehead atoms. The van der Waals surface area contributed by atoms with Gasteiger partial charge < -0.3 is 24.6 Å². The van der Waals surface area contributed by atoms with Gasteiger partial charge in [-0.2, -0.15) is 0 Å². The van der Waals surface area contributed by atoms with Gasteiger partial charge in [-0.15, -0.1) is 0 Å². The fourth-order valence-electron chi connectivity index (χ4n) is 2.99. The predicted molar refractivity (Wildman–Crippen MR) is 128 cm³/mol. The number of anilines is 1. The molecule has 3 rings (SSSR count). The van der Waals surface area contributed by atoms with Gasteiger partial charge in [0.15, 0.2) is 0 Å². The van der Waals surface area contributed by atoms with Crippen LogP contribution < -0.4 is 10.1 Å². The average Bonchev–Trinajstić information content (AvgIpc) is 2.86. The van der Waals surface area contributed by atoms with Crippen molar-refractivity contribution in [1.82, 2.24) is 0 Å². The van der Waals surface area contributed by atoms with Crippen molar-refractivity contribution in [2.75, 3.05) is 12.4 Å². The highest BCUT2D eigenvalue weighted by atomic mass is 79.9. The van der Waals surface area contributed by atoms with Crippen molar-refractivity contribution in [3.05, 3.63) is 94.5 Å². The average molecular weight is 542 g/mol. The lowest BCUT2D eigenvalue weighted by Gasteiger charge is -2.24. The molecule has 180 valence electrons. The van der Waals surface area contributed by atoms with E-state index >= 15 is 0 Å². The van der Waals surface area contributed by atoms with Crippen molar-refractivity contribution in [3.8, 4) is 5.75 Å². The van der Waals surface area contributed by atoms with E-state index in [1.807, 2.05) is 0 Å². The Kier molecular flexibility index (Phi) is 8.58. The van der Waals surface area contributed by atoms with E-state index in [0.717, 1.165) is 0 Å². The van der Waals surface area contributed by atoms with Crippen LogP contribution in [0, 0.1) is 0 Å². The highest BCUT2D eigenvalue weighted by Gasteiger charge is 2.41. The molecule has 2 atom stereocenters. The molecule has 35 heavy (non-hydrogen) atoms. The summed E-state index contributed by atoms with van der Waals surface area (Å²) >= 11 is 3.28. The topological polar surface area (TPSA) is 128 Å². The van der Waals surface area contributed by atoms with E-state index in [2.05, 4.69) is 21.2 Å². The Bertz CT molecular complexity index is 1220. The monoisotopic (exact) mass is 541 g/mol. The fraction of sp³-hybridized carbons (Fsp3) is 0.120. The third-order valence-corrected chi connectivity index (χ3v) is 5.18. The minimum absolute atomic E-state index is 0.0564. The number of carbonyl (C=O) groups is 4. The molecule has 0 saturated heterocycles. The number of aliphatic carboxylic acids is 1. The Hall–Kier alpha value is -4.18. The molecule has 0 heterocycles. The fourth-order valence-corrected chi connectivity index (χ4v) is 3.35. The molecule has 3 aromatic rings. The summed E-state index contributed by atoms with van der Waals surface area (Å²) in [6.45, 7) is 0. The van der Waals surface area contributed by atoms with Gasteiger partial charge in [0.05, 0.1) is 23.9 Å². The largest absolute Gasteiger partial charge is 0.495 e. The minimum atomic E-state index is -2.14. The molecule has 1 amide bonds. The molecule has 0 saturated carbocycles. The molecule has 10 heteroatoms. The van der Waals surface area contributed by atoms with Gasteiger partial charge in [-0.25, -0.2) is 14.4 Å². The predicted octanol–water partition coefficient (Wildman–Crippen LogP) is 3.93. The number of esters is 2. The smallest absolute Gasteiger partial charge is 0.349 e. The number of carboxylic acid groups (broad SMARTS) is 1. The molecule has 0 radical (unpaired) electrons. The van der Waals surface area contributed by atoms with E-state index in [1.54, 1.807) is 48.5 Å². The zero-order valence-corrected chi connectivity index (χ0v) is 19.9. The maximum Gasteiger partial charge on any atom is 0.349 e. The van der Waals surface area contributed by atoms with Crippen molar-refractivity contribution in [3.63, 3.8) is 0 Å². The summed E-state index contributed by atoms with van der Waals surface area (Å²) in [7, 11) is 1.38. The molecule has 3 aromatic carbocycles. The van der Waals surface area contributed by atoms with Crippen LogP contribution in [0.3, 0.4) is 0 Å². The molecule has 0 unspecified atom stereocenters. The highest BCUT2D eigenvalue weighted by molar-refractivity contribution is 9.10. The number of rotatable bonds is 9. The Morgan fingerprint density at radius 3 is 1.80 bits per heavy atom. The van der Waals surface area contributed by atoms with Crippen LogP contribution in [0.2, 0.25) is 0 Å². The molecule has 0 fully saturated rings. The molecule has 0 aromatic heterocycles.